The lowest BCUT2D eigenvalue weighted by molar-refractivity contribution is 0.0690. The Morgan fingerprint density at radius 2 is 2.33 bits per heavy atom. The van der Waals surface area contributed by atoms with Crippen molar-refractivity contribution in [1.82, 2.24) is 9.97 Å². The number of aromatic carboxylic acids is 1. The predicted molar refractivity (Wildman–Crippen MR) is 68.7 cm³/mol. The molecule has 1 heterocycles. The summed E-state index contributed by atoms with van der Waals surface area (Å²) in [7, 11) is 0. The standard InChI is InChI=1S/C13H19N3O2/c1-2-9-4-3-5-10(6-9)15-12-8-14-7-11(16-12)13(17)18/h7-10H,2-6H2,1H3,(H,15,16)(H,17,18). The van der Waals surface area contributed by atoms with Crippen molar-refractivity contribution >= 4 is 11.8 Å². The van der Waals surface area contributed by atoms with Crippen LogP contribution in [0.3, 0.4) is 0 Å². The van der Waals surface area contributed by atoms with Gasteiger partial charge in [0.25, 0.3) is 0 Å². The first-order valence-electron chi connectivity index (χ1n) is 6.51. The lowest BCUT2D eigenvalue weighted by Crippen LogP contribution is -2.27. The number of rotatable bonds is 4. The summed E-state index contributed by atoms with van der Waals surface area (Å²) < 4.78 is 0. The Hall–Kier alpha value is -1.65. The van der Waals surface area contributed by atoms with Gasteiger partial charge < -0.3 is 10.4 Å². The first-order chi connectivity index (χ1) is 8.69. The quantitative estimate of drug-likeness (QED) is 0.857. The van der Waals surface area contributed by atoms with E-state index in [9.17, 15) is 4.79 Å². The van der Waals surface area contributed by atoms with Crippen LogP contribution in [-0.4, -0.2) is 27.1 Å². The Balaban J connectivity index is 2.00. The van der Waals surface area contributed by atoms with Crippen molar-refractivity contribution in [3.63, 3.8) is 0 Å². The van der Waals surface area contributed by atoms with Crippen LogP contribution in [0.25, 0.3) is 0 Å². The second-order valence-corrected chi connectivity index (χ2v) is 4.88. The minimum absolute atomic E-state index is 0.0112. The van der Waals surface area contributed by atoms with Crippen molar-refractivity contribution in [2.75, 3.05) is 5.32 Å². The summed E-state index contributed by atoms with van der Waals surface area (Å²) in [6.45, 7) is 2.22. The van der Waals surface area contributed by atoms with Crippen molar-refractivity contribution < 1.29 is 9.90 Å². The molecule has 2 unspecified atom stereocenters. The van der Waals surface area contributed by atoms with Crippen LogP contribution in [0.15, 0.2) is 12.4 Å². The van der Waals surface area contributed by atoms with Crippen LogP contribution >= 0.6 is 0 Å². The van der Waals surface area contributed by atoms with Gasteiger partial charge >= 0.3 is 5.97 Å². The molecule has 0 aromatic carbocycles. The molecule has 2 atom stereocenters. The highest BCUT2D eigenvalue weighted by molar-refractivity contribution is 5.85. The maximum Gasteiger partial charge on any atom is 0.356 e. The molecule has 18 heavy (non-hydrogen) atoms. The molecule has 1 aromatic rings. The van der Waals surface area contributed by atoms with Crippen molar-refractivity contribution in [2.24, 2.45) is 5.92 Å². The molecule has 0 bridgehead atoms. The molecular formula is C13H19N3O2. The van der Waals surface area contributed by atoms with E-state index in [1.807, 2.05) is 0 Å². The molecule has 1 aliphatic rings. The van der Waals surface area contributed by atoms with Crippen molar-refractivity contribution in [2.45, 2.75) is 45.1 Å². The number of carboxylic acids is 1. The van der Waals surface area contributed by atoms with E-state index >= 15 is 0 Å². The highest BCUT2D eigenvalue weighted by Crippen LogP contribution is 2.28. The number of anilines is 1. The van der Waals surface area contributed by atoms with E-state index in [2.05, 4.69) is 22.2 Å². The molecule has 1 saturated carbocycles. The molecule has 0 saturated heterocycles. The maximum atomic E-state index is 10.8. The van der Waals surface area contributed by atoms with Gasteiger partial charge in [0.1, 0.15) is 5.82 Å². The first kappa shape index (κ1) is 12.8. The monoisotopic (exact) mass is 249 g/mol. The van der Waals surface area contributed by atoms with Crippen LogP contribution in [0.2, 0.25) is 0 Å². The molecule has 5 heteroatoms. The summed E-state index contributed by atoms with van der Waals surface area (Å²) in [6.07, 6.45) is 8.84. The van der Waals surface area contributed by atoms with E-state index in [1.54, 1.807) is 6.20 Å². The average Bonchev–Trinajstić information content (AvgIpc) is 2.39. The summed E-state index contributed by atoms with van der Waals surface area (Å²) in [5, 5.41) is 12.2. The SMILES string of the molecule is CCC1CCCC(Nc2cncc(C(=O)O)n2)C1. The van der Waals surface area contributed by atoms with Gasteiger partial charge in [0.15, 0.2) is 5.69 Å². The minimum Gasteiger partial charge on any atom is -0.476 e. The fourth-order valence-corrected chi connectivity index (χ4v) is 2.54. The van der Waals surface area contributed by atoms with Gasteiger partial charge in [0, 0.05) is 6.04 Å². The van der Waals surface area contributed by atoms with Crippen molar-refractivity contribution in [1.29, 1.82) is 0 Å². The number of hydrogen-bond acceptors (Lipinski definition) is 4. The fraction of sp³-hybridized carbons (Fsp3) is 0.615. The minimum atomic E-state index is -1.04. The zero-order chi connectivity index (χ0) is 13.0. The molecular weight excluding hydrogens is 230 g/mol. The number of carboxylic acid groups (broad SMARTS) is 1. The molecule has 0 amide bonds. The van der Waals surface area contributed by atoms with E-state index in [-0.39, 0.29) is 5.69 Å². The van der Waals surface area contributed by atoms with Crippen molar-refractivity contribution in [3.8, 4) is 0 Å². The molecule has 2 N–H and O–H groups in total. The predicted octanol–water partition coefficient (Wildman–Crippen LogP) is 2.56. The first-order valence-corrected chi connectivity index (χ1v) is 6.51. The fourth-order valence-electron chi connectivity index (χ4n) is 2.54. The summed E-state index contributed by atoms with van der Waals surface area (Å²) >= 11 is 0. The van der Waals surface area contributed by atoms with Gasteiger partial charge in [-0.05, 0) is 18.8 Å². The number of aromatic nitrogens is 2. The molecule has 98 valence electrons. The van der Waals surface area contributed by atoms with E-state index < -0.39 is 5.97 Å². The Morgan fingerprint density at radius 3 is 3.06 bits per heavy atom. The zero-order valence-electron chi connectivity index (χ0n) is 10.6. The second kappa shape index (κ2) is 5.80. The van der Waals surface area contributed by atoms with E-state index in [1.165, 1.54) is 25.5 Å². The molecule has 1 aliphatic carbocycles. The highest BCUT2D eigenvalue weighted by atomic mass is 16.4. The topological polar surface area (TPSA) is 75.1 Å². The Bertz CT molecular complexity index is 422. The summed E-state index contributed by atoms with van der Waals surface area (Å²) in [5.74, 6) is 0.296. The zero-order valence-corrected chi connectivity index (χ0v) is 10.6. The molecule has 2 rings (SSSR count). The molecule has 0 spiro atoms. The van der Waals surface area contributed by atoms with Crippen LogP contribution in [0.5, 0.6) is 0 Å². The second-order valence-electron chi connectivity index (χ2n) is 4.88. The van der Waals surface area contributed by atoms with Crippen LogP contribution in [0, 0.1) is 5.92 Å². The van der Waals surface area contributed by atoms with Gasteiger partial charge in [-0.25, -0.2) is 9.78 Å². The summed E-state index contributed by atoms with van der Waals surface area (Å²) in [5.41, 5.74) is -0.0112. The Kier molecular flexibility index (Phi) is 4.12. The van der Waals surface area contributed by atoms with Crippen LogP contribution in [0.1, 0.15) is 49.5 Å². The lowest BCUT2D eigenvalue weighted by Gasteiger charge is -2.29. The Morgan fingerprint density at radius 1 is 1.50 bits per heavy atom. The Labute approximate surface area is 107 Å². The summed E-state index contributed by atoms with van der Waals surface area (Å²) in [4.78, 5) is 18.8. The van der Waals surface area contributed by atoms with Gasteiger partial charge in [-0.1, -0.05) is 26.2 Å². The smallest absolute Gasteiger partial charge is 0.356 e. The maximum absolute atomic E-state index is 10.8. The van der Waals surface area contributed by atoms with Gasteiger partial charge in [-0.2, -0.15) is 0 Å². The van der Waals surface area contributed by atoms with E-state index in [4.69, 9.17) is 5.11 Å². The largest absolute Gasteiger partial charge is 0.476 e. The molecule has 0 aliphatic heterocycles. The van der Waals surface area contributed by atoms with Crippen LogP contribution in [-0.2, 0) is 0 Å². The molecule has 1 aromatic heterocycles. The van der Waals surface area contributed by atoms with Crippen LogP contribution < -0.4 is 5.32 Å². The highest BCUT2D eigenvalue weighted by Gasteiger charge is 2.21. The molecule has 5 nitrogen and oxygen atoms in total. The number of nitrogens with zero attached hydrogens (tertiary/aromatic N) is 2. The van der Waals surface area contributed by atoms with Gasteiger partial charge in [-0.15, -0.1) is 0 Å². The third-order valence-corrected chi connectivity index (χ3v) is 3.57. The van der Waals surface area contributed by atoms with Gasteiger partial charge in [-0.3, -0.25) is 4.98 Å². The van der Waals surface area contributed by atoms with Crippen LogP contribution in [0.4, 0.5) is 5.82 Å². The number of nitrogens with one attached hydrogen (secondary N) is 1. The molecule has 0 radical (unpaired) electrons. The van der Waals surface area contributed by atoms with Gasteiger partial charge in [0.05, 0.1) is 12.4 Å². The molecule has 1 fully saturated rings. The normalized spacial score (nSPS) is 23.6. The number of hydrogen-bond donors (Lipinski definition) is 2. The van der Waals surface area contributed by atoms with E-state index in [0.29, 0.717) is 11.9 Å². The lowest BCUT2D eigenvalue weighted by atomic mass is 9.84. The number of carbonyl (C=O) groups is 1. The third kappa shape index (κ3) is 3.18. The van der Waals surface area contributed by atoms with Gasteiger partial charge in [0.2, 0.25) is 0 Å². The average molecular weight is 249 g/mol. The van der Waals surface area contributed by atoms with Crippen molar-refractivity contribution in [3.05, 3.63) is 18.1 Å². The summed E-state index contributed by atoms with van der Waals surface area (Å²) in [6, 6.07) is 0.391. The van der Waals surface area contributed by atoms with E-state index in [0.717, 1.165) is 18.8 Å². The third-order valence-electron chi connectivity index (χ3n) is 3.57.